The first-order chi connectivity index (χ1) is 19.6. The maximum atomic E-state index is 6.58. The van der Waals surface area contributed by atoms with E-state index in [4.69, 9.17) is 5.73 Å². The van der Waals surface area contributed by atoms with Crippen LogP contribution < -0.4 is 5.73 Å². The Morgan fingerprint density at radius 1 is 0.625 bits per heavy atom. The number of hydrogen-bond donors (Lipinski definition) is 1. The summed E-state index contributed by atoms with van der Waals surface area (Å²) in [5.41, 5.74) is 18.5. The van der Waals surface area contributed by atoms with Gasteiger partial charge in [-0.3, -0.25) is 0 Å². The van der Waals surface area contributed by atoms with E-state index in [-0.39, 0.29) is 5.92 Å². The molecule has 1 aromatic heterocycles. The zero-order valence-corrected chi connectivity index (χ0v) is 22.9. The van der Waals surface area contributed by atoms with Gasteiger partial charge in [0.15, 0.2) is 0 Å². The Kier molecular flexibility index (Phi) is 5.90. The number of nitrogen functional groups attached to an aromatic ring is 1. The molecule has 2 nitrogen and oxygen atoms in total. The van der Waals surface area contributed by atoms with Crippen LogP contribution in [0.2, 0.25) is 0 Å². The van der Waals surface area contributed by atoms with Crippen molar-refractivity contribution in [2.24, 2.45) is 0 Å². The Morgan fingerprint density at radius 3 is 2.10 bits per heavy atom. The monoisotopic (exact) mass is 516 g/mol. The van der Waals surface area contributed by atoms with Gasteiger partial charge in [-0.15, -0.1) is 0 Å². The molecular weight excluding hydrogens is 484 g/mol. The standard InChI is InChI=1S/C38H32N2/c1-25(2)38-32(26-12-6-7-13-26)23-28(24-34(38)30-16-8-10-18-35(30)39)27-20-21-37-33(22-27)31-17-9-11-19-36(31)40(37)29-14-4-3-5-15-29/h3-26H,39H2,1-2H3. The van der Waals surface area contributed by atoms with Gasteiger partial charge in [-0.2, -0.15) is 0 Å². The van der Waals surface area contributed by atoms with E-state index in [2.05, 4.69) is 140 Å². The van der Waals surface area contributed by atoms with Gasteiger partial charge < -0.3 is 10.3 Å². The van der Waals surface area contributed by atoms with E-state index in [1.165, 1.54) is 55.3 Å². The fourth-order valence-corrected chi connectivity index (χ4v) is 6.37. The molecule has 0 saturated carbocycles. The van der Waals surface area contributed by atoms with Crippen molar-refractivity contribution in [3.8, 4) is 27.9 Å². The predicted octanol–water partition coefficient (Wildman–Crippen LogP) is 10.0. The average Bonchev–Trinajstić information content (AvgIpc) is 3.64. The second-order valence-corrected chi connectivity index (χ2v) is 11.0. The molecule has 7 rings (SSSR count). The molecule has 1 aliphatic rings. The molecule has 0 fully saturated rings. The highest BCUT2D eigenvalue weighted by molar-refractivity contribution is 6.10. The van der Waals surface area contributed by atoms with E-state index in [1.807, 2.05) is 12.1 Å². The zero-order valence-electron chi connectivity index (χ0n) is 22.9. The van der Waals surface area contributed by atoms with Crippen molar-refractivity contribution in [1.29, 1.82) is 0 Å². The third-order valence-corrected chi connectivity index (χ3v) is 8.17. The van der Waals surface area contributed by atoms with Crippen LogP contribution in [0.25, 0.3) is 49.7 Å². The lowest BCUT2D eigenvalue weighted by molar-refractivity contribution is 0.843. The van der Waals surface area contributed by atoms with E-state index >= 15 is 0 Å². The number of hydrogen-bond acceptors (Lipinski definition) is 1. The van der Waals surface area contributed by atoms with Gasteiger partial charge in [-0.05, 0) is 82.3 Å². The van der Waals surface area contributed by atoms with Crippen molar-refractivity contribution >= 4 is 27.5 Å². The summed E-state index contributed by atoms with van der Waals surface area (Å²) in [6.07, 6.45) is 8.89. The Hall–Kier alpha value is -4.82. The molecule has 0 unspecified atom stereocenters. The topological polar surface area (TPSA) is 30.9 Å². The molecule has 1 aliphatic carbocycles. The molecule has 2 N–H and O–H groups in total. The first-order valence-corrected chi connectivity index (χ1v) is 14.1. The van der Waals surface area contributed by atoms with E-state index < -0.39 is 0 Å². The smallest absolute Gasteiger partial charge is 0.0541 e. The van der Waals surface area contributed by atoms with E-state index in [9.17, 15) is 0 Å². The van der Waals surface area contributed by atoms with Gasteiger partial charge >= 0.3 is 0 Å². The molecule has 6 aromatic rings. The van der Waals surface area contributed by atoms with Crippen molar-refractivity contribution in [2.75, 3.05) is 5.73 Å². The van der Waals surface area contributed by atoms with E-state index in [0.29, 0.717) is 5.92 Å². The first kappa shape index (κ1) is 24.2. The SMILES string of the molecule is CC(C)c1c(-c2ccccc2N)cc(-c2ccc3c(c2)c2ccccc2n3-c2ccccc2)cc1C1C=CC=C1. The van der Waals surface area contributed by atoms with Crippen LogP contribution in [0.5, 0.6) is 0 Å². The molecule has 194 valence electrons. The molecule has 40 heavy (non-hydrogen) atoms. The summed E-state index contributed by atoms with van der Waals surface area (Å²) >= 11 is 0. The number of para-hydroxylation sites is 3. The lowest BCUT2D eigenvalue weighted by Crippen LogP contribution is -2.04. The minimum atomic E-state index is 0.254. The molecule has 0 bridgehead atoms. The largest absolute Gasteiger partial charge is 0.398 e. The minimum absolute atomic E-state index is 0.254. The van der Waals surface area contributed by atoms with Crippen molar-refractivity contribution in [3.63, 3.8) is 0 Å². The van der Waals surface area contributed by atoms with Crippen molar-refractivity contribution in [2.45, 2.75) is 25.7 Å². The number of allylic oxidation sites excluding steroid dienone is 4. The molecule has 5 aromatic carbocycles. The molecule has 0 radical (unpaired) electrons. The van der Waals surface area contributed by atoms with Gasteiger partial charge in [-0.25, -0.2) is 0 Å². The molecular formula is C38H32N2. The summed E-state index contributed by atoms with van der Waals surface area (Å²) < 4.78 is 2.37. The van der Waals surface area contributed by atoms with Crippen molar-refractivity contribution < 1.29 is 0 Å². The highest BCUT2D eigenvalue weighted by atomic mass is 15.0. The van der Waals surface area contributed by atoms with Crippen molar-refractivity contribution in [3.05, 3.63) is 145 Å². The summed E-state index contributed by atoms with van der Waals surface area (Å²) in [5, 5.41) is 2.52. The first-order valence-electron chi connectivity index (χ1n) is 14.1. The van der Waals surface area contributed by atoms with Crippen LogP contribution in [0.4, 0.5) is 5.69 Å². The highest BCUT2D eigenvalue weighted by Gasteiger charge is 2.22. The number of anilines is 1. The minimum Gasteiger partial charge on any atom is -0.398 e. The normalized spacial score (nSPS) is 13.3. The van der Waals surface area contributed by atoms with Gasteiger partial charge in [-0.1, -0.05) is 98.8 Å². The van der Waals surface area contributed by atoms with E-state index in [1.54, 1.807) is 0 Å². The maximum Gasteiger partial charge on any atom is 0.0541 e. The third-order valence-electron chi connectivity index (χ3n) is 8.17. The Bertz CT molecular complexity index is 1920. The lowest BCUT2D eigenvalue weighted by atomic mass is 9.81. The predicted molar refractivity (Wildman–Crippen MR) is 171 cm³/mol. The lowest BCUT2D eigenvalue weighted by Gasteiger charge is -2.23. The average molecular weight is 517 g/mol. The second-order valence-electron chi connectivity index (χ2n) is 11.0. The molecule has 0 amide bonds. The molecule has 0 aliphatic heterocycles. The van der Waals surface area contributed by atoms with Crippen LogP contribution in [0.15, 0.2) is 133 Å². The summed E-state index contributed by atoms with van der Waals surface area (Å²) in [6.45, 7) is 4.57. The fourth-order valence-electron chi connectivity index (χ4n) is 6.37. The molecule has 0 saturated heterocycles. The van der Waals surface area contributed by atoms with Crippen LogP contribution in [0.1, 0.15) is 36.8 Å². The van der Waals surface area contributed by atoms with Gasteiger partial charge in [0.1, 0.15) is 0 Å². The van der Waals surface area contributed by atoms with Gasteiger partial charge in [0.05, 0.1) is 11.0 Å². The van der Waals surface area contributed by atoms with Crippen LogP contribution >= 0.6 is 0 Å². The van der Waals surface area contributed by atoms with Gasteiger partial charge in [0.2, 0.25) is 0 Å². The number of rotatable bonds is 5. The van der Waals surface area contributed by atoms with Gasteiger partial charge in [0, 0.05) is 33.6 Å². The zero-order chi connectivity index (χ0) is 27.2. The summed E-state index contributed by atoms with van der Waals surface area (Å²) in [7, 11) is 0. The summed E-state index contributed by atoms with van der Waals surface area (Å²) in [6, 6.07) is 39.3. The third kappa shape index (κ3) is 3.96. The number of nitrogens with zero attached hydrogens (tertiary/aromatic N) is 1. The van der Waals surface area contributed by atoms with Crippen molar-refractivity contribution in [1.82, 2.24) is 4.57 Å². The van der Waals surface area contributed by atoms with Gasteiger partial charge in [0.25, 0.3) is 0 Å². The number of aromatic nitrogens is 1. The number of benzene rings is 5. The number of fused-ring (bicyclic) bond motifs is 3. The Morgan fingerprint density at radius 2 is 1.32 bits per heavy atom. The second kappa shape index (κ2) is 9.73. The molecule has 0 atom stereocenters. The quantitative estimate of drug-likeness (QED) is 0.227. The molecule has 0 spiro atoms. The number of nitrogens with two attached hydrogens (primary N) is 1. The maximum absolute atomic E-state index is 6.58. The van der Waals surface area contributed by atoms with Crippen LogP contribution in [0, 0.1) is 0 Å². The summed E-state index contributed by atoms with van der Waals surface area (Å²) in [5.74, 6) is 0.608. The fraction of sp³-hybridized carbons (Fsp3) is 0.105. The molecule has 2 heteroatoms. The summed E-state index contributed by atoms with van der Waals surface area (Å²) in [4.78, 5) is 0. The highest BCUT2D eigenvalue weighted by Crippen LogP contribution is 2.43. The Labute approximate surface area is 235 Å². The van der Waals surface area contributed by atoms with Crippen LogP contribution in [0.3, 0.4) is 0 Å². The Balaban J connectivity index is 1.50. The van der Waals surface area contributed by atoms with E-state index in [0.717, 1.165) is 11.3 Å². The molecule has 1 heterocycles. The van der Waals surface area contributed by atoms with Crippen LogP contribution in [-0.4, -0.2) is 4.57 Å². The van der Waals surface area contributed by atoms with Crippen LogP contribution in [-0.2, 0) is 0 Å².